The predicted octanol–water partition coefficient (Wildman–Crippen LogP) is 2.69. The second kappa shape index (κ2) is 6.81. The third-order valence-corrected chi connectivity index (χ3v) is 4.17. The fourth-order valence-corrected chi connectivity index (χ4v) is 2.97. The van der Waals surface area contributed by atoms with Crippen molar-refractivity contribution >= 4 is 5.69 Å². The first-order valence-corrected chi connectivity index (χ1v) is 7.33. The smallest absolute Gasteiger partial charge is 0.269 e. The van der Waals surface area contributed by atoms with Crippen LogP contribution in [0.25, 0.3) is 0 Å². The average molecular weight is 277 g/mol. The van der Waals surface area contributed by atoms with E-state index in [1.165, 1.54) is 0 Å². The van der Waals surface area contributed by atoms with E-state index in [-0.39, 0.29) is 10.6 Å². The number of rotatable bonds is 5. The summed E-state index contributed by atoms with van der Waals surface area (Å²) in [6, 6.07) is 7.85. The lowest BCUT2D eigenvalue weighted by Gasteiger charge is -2.35. The molecule has 0 radical (unpaired) electrons. The van der Waals surface area contributed by atoms with Gasteiger partial charge in [0.25, 0.3) is 5.69 Å². The molecule has 5 nitrogen and oxygen atoms in total. The molecule has 0 spiro atoms. The molecule has 2 N–H and O–H groups in total. The Bertz CT molecular complexity index is 456. The Kier molecular flexibility index (Phi) is 5.09. The van der Waals surface area contributed by atoms with Crippen LogP contribution >= 0.6 is 0 Å². The minimum atomic E-state index is -0.334. The van der Waals surface area contributed by atoms with Gasteiger partial charge in [0.15, 0.2) is 0 Å². The molecule has 0 heterocycles. The van der Waals surface area contributed by atoms with E-state index in [4.69, 9.17) is 5.73 Å². The number of non-ortho nitro benzene ring substituents is 1. The first-order valence-electron chi connectivity index (χ1n) is 7.33. The van der Waals surface area contributed by atoms with E-state index in [2.05, 4.69) is 11.8 Å². The molecule has 0 amide bonds. The summed E-state index contributed by atoms with van der Waals surface area (Å²) in [5.41, 5.74) is 7.13. The number of nitro benzene ring substituents is 1. The van der Waals surface area contributed by atoms with Crippen molar-refractivity contribution in [2.24, 2.45) is 5.73 Å². The number of benzene rings is 1. The number of nitrogens with two attached hydrogens (primary N) is 1. The van der Waals surface area contributed by atoms with Gasteiger partial charge >= 0.3 is 0 Å². The topological polar surface area (TPSA) is 72.4 Å². The Morgan fingerprint density at radius 2 is 2.05 bits per heavy atom. The van der Waals surface area contributed by atoms with Gasteiger partial charge in [-0.15, -0.1) is 0 Å². The third-order valence-electron chi connectivity index (χ3n) is 4.17. The molecule has 1 aromatic rings. The number of nitrogens with zero attached hydrogens (tertiary/aromatic N) is 2. The molecule has 110 valence electrons. The molecular formula is C15H23N3O2. The van der Waals surface area contributed by atoms with E-state index < -0.39 is 0 Å². The molecule has 1 fully saturated rings. The molecule has 1 saturated carbocycles. The molecule has 0 saturated heterocycles. The summed E-state index contributed by atoms with van der Waals surface area (Å²) in [6.45, 7) is 3.88. The lowest BCUT2D eigenvalue weighted by molar-refractivity contribution is -0.384. The van der Waals surface area contributed by atoms with Crippen LogP contribution in [0.3, 0.4) is 0 Å². The Labute approximate surface area is 119 Å². The standard InChI is InChI=1S/C15H23N3O2/c1-2-17(14-8-6-13(16)7-9-14)11-12-4-3-5-15(10-12)18(19)20/h3-5,10,13-14H,2,6-9,11,16H2,1H3. The van der Waals surface area contributed by atoms with Crippen molar-refractivity contribution < 1.29 is 4.92 Å². The van der Waals surface area contributed by atoms with E-state index in [0.717, 1.165) is 44.3 Å². The summed E-state index contributed by atoms with van der Waals surface area (Å²) in [7, 11) is 0. The van der Waals surface area contributed by atoms with Gasteiger partial charge in [-0.05, 0) is 37.8 Å². The third kappa shape index (κ3) is 3.77. The highest BCUT2D eigenvalue weighted by Crippen LogP contribution is 2.24. The maximum absolute atomic E-state index is 10.8. The van der Waals surface area contributed by atoms with Crippen molar-refractivity contribution in [1.82, 2.24) is 4.90 Å². The average Bonchev–Trinajstić information content (AvgIpc) is 2.46. The van der Waals surface area contributed by atoms with Crippen LogP contribution in [0.2, 0.25) is 0 Å². The first kappa shape index (κ1) is 14.9. The summed E-state index contributed by atoms with van der Waals surface area (Å²) < 4.78 is 0. The number of hydrogen-bond acceptors (Lipinski definition) is 4. The zero-order valence-electron chi connectivity index (χ0n) is 12.0. The Hall–Kier alpha value is -1.46. The molecule has 5 heteroatoms. The van der Waals surface area contributed by atoms with Gasteiger partial charge in [-0.2, -0.15) is 0 Å². The fraction of sp³-hybridized carbons (Fsp3) is 0.600. The van der Waals surface area contributed by atoms with Crippen LogP contribution in [0.5, 0.6) is 0 Å². The molecule has 20 heavy (non-hydrogen) atoms. The highest BCUT2D eigenvalue weighted by Gasteiger charge is 2.23. The minimum absolute atomic E-state index is 0.171. The molecule has 0 aromatic heterocycles. The van der Waals surface area contributed by atoms with Crippen molar-refractivity contribution in [3.63, 3.8) is 0 Å². The fourth-order valence-electron chi connectivity index (χ4n) is 2.97. The lowest BCUT2D eigenvalue weighted by atomic mass is 9.90. The van der Waals surface area contributed by atoms with Crippen LogP contribution in [0.1, 0.15) is 38.2 Å². The van der Waals surface area contributed by atoms with Gasteiger partial charge in [0.1, 0.15) is 0 Å². The van der Waals surface area contributed by atoms with Crippen molar-refractivity contribution in [1.29, 1.82) is 0 Å². The molecule has 1 aliphatic rings. The largest absolute Gasteiger partial charge is 0.328 e. The van der Waals surface area contributed by atoms with Gasteiger partial charge in [-0.3, -0.25) is 15.0 Å². The monoisotopic (exact) mass is 277 g/mol. The predicted molar refractivity (Wildman–Crippen MR) is 79.4 cm³/mol. The SMILES string of the molecule is CCN(Cc1cccc([N+](=O)[O-])c1)C1CCC(N)CC1. The van der Waals surface area contributed by atoms with Crippen LogP contribution in [0, 0.1) is 10.1 Å². The molecule has 1 aliphatic carbocycles. The number of nitro groups is 1. The van der Waals surface area contributed by atoms with Gasteiger partial charge in [0.05, 0.1) is 4.92 Å². The van der Waals surface area contributed by atoms with Crippen LogP contribution in [-0.2, 0) is 6.54 Å². The zero-order chi connectivity index (χ0) is 14.5. The molecular weight excluding hydrogens is 254 g/mol. The van der Waals surface area contributed by atoms with Gasteiger partial charge in [0, 0.05) is 30.8 Å². The summed E-state index contributed by atoms with van der Waals surface area (Å²) >= 11 is 0. The van der Waals surface area contributed by atoms with Crippen molar-refractivity contribution in [2.75, 3.05) is 6.54 Å². The maximum Gasteiger partial charge on any atom is 0.269 e. The molecule has 1 aromatic carbocycles. The van der Waals surface area contributed by atoms with Gasteiger partial charge < -0.3 is 5.73 Å². The Balaban J connectivity index is 2.02. The molecule has 2 rings (SSSR count). The van der Waals surface area contributed by atoms with Crippen LogP contribution in [-0.4, -0.2) is 28.5 Å². The Morgan fingerprint density at radius 3 is 2.65 bits per heavy atom. The molecule has 0 bridgehead atoms. The van der Waals surface area contributed by atoms with Gasteiger partial charge in [0.2, 0.25) is 0 Å². The summed E-state index contributed by atoms with van der Waals surface area (Å²) in [5, 5.41) is 10.8. The Morgan fingerprint density at radius 1 is 1.35 bits per heavy atom. The number of hydrogen-bond donors (Lipinski definition) is 1. The van der Waals surface area contributed by atoms with Gasteiger partial charge in [-0.25, -0.2) is 0 Å². The normalized spacial score (nSPS) is 22.9. The van der Waals surface area contributed by atoms with E-state index in [1.807, 2.05) is 6.07 Å². The minimum Gasteiger partial charge on any atom is -0.328 e. The summed E-state index contributed by atoms with van der Waals surface area (Å²) in [6.07, 6.45) is 4.42. The van der Waals surface area contributed by atoms with E-state index in [1.54, 1.807) is 18.2 Å². The summed E-state index contributed by atoms with van der Waals surface area (Å²) in [4.78, 5) is 12.9. The van der Waals surface area contributed by atoms with E-state index in [0.29, 0.717) is 12.1 Å². The van der Waals surface area contributed by atoms with Crippen molar-refractivity contribution in [3.05, 3.63) is 39.9 Å². The zero-order valence-corrected chi connectivity index (χ0v) is 12.0. The highest BCUT2D eigenvalue weighted by atomic mass is 16.6. The van der Waals surface area contributed by atoms with Crippen LogP contribution < -0.4 is 5.73 Å². The highest BCUT2D eigenvalue weighted by molar-refractivity contribution is 5.34. The summed E-state index contributed by atoms with van der Waals surface area (Å²) in [5.74, 6) is 0. The van der Waals surface area contributed by atoms with Gasteiger partial charge in [-0.1, -0.05) is 19.1 Å². The molecule has 0 unspecified atom stereocenters. The second-order valence-corrected chi connectivity index (χ2v) is 5.56. The van der Waals surface area contributed by atoms with E-state index >= 15 is 0 Å². The van der Waals surface area contributed by atoms with Crippen LogP contribution in [0.15, 0.2) is 24.3 Å². The lowest BCUT2D eigenvalue weighted by Crippen LogP contribution is -2.40. The van der Waals surface area contributed by atoms with Crippen molar-refractivity contribution in [3.8, 4) is 0 Å². The van der Waals surface area contributed by atoms with Crippen molar-refractivity contribution in [2.45, 2.75) is 51.2 Å². The van der Waals surface area contributed by atoms with Crippen LogP contribution in [0.4, 0.5) is 5.69 Å². The quantitative estimate of drug-likeness (QED) is 0.663. The molecule has 0 atom stereocenters. The maximum atomic E-state index is 10.8. The second-order valence-electron chi connectivity index (χ2n) is 5.56. The molecule has 0 aliphatic heterocycles. The van der Waals surface area contributed by atoms with E-state index in [9.17, 15) is 10.1 Å². The first-order chi connectivity index (χ1) is 9.60.